The molecule has 0 spiro atoms. The SMILES string of the molecule is COc1cc2nc(-c3cc(Nc4cccc5c4CCN(S(C)(=O)=O)C5)ccc3C)[nH]c2c[nH+]1. The number of hydrogen-bond donors (Lipinski definition) is 2. The Hall–Kier alpha value is -3.43. The maximum absolute atomic E-state index is 12.0. The summed E-state index contributed by atoms with van der Waals surface area (Å²) in [4.78, 5) is 11.2. The van der Waals surface area contributed by atoms with Gasteiger partial charge in [0.2, 0.25) is 10.0 Å². The van der Waals surface area contributed by atoms with Crippen LogP contribution in [-0.2, 0) is 23.0 Å². The molecule has 5 rings (SSSR count). The molecule has 33 heavy (non-hydrogen) atoms. The van der Waals surface area contributed by atoms with E-state index in [1.165, 1.54) is 10.6 Å². The number of hydrogen-bond acceptors (Lipinski definition) is 5. The van der Waals surface area contributed by atoms with Gasteiger partial charge < -0.3 is 15.0 Å². The van der Waals surface area contributed by atoms with Crippen molar-refractivity contribution in [2.75, 3.05) is 25.2 Å². The van der Waals surface area contributed by atoms with E-state index in [0.29, 0.717) is 25.4 Å². The van der Waals surface area contributed by atoms with E-state index < -0.39 is 10.0 Å². The number of aromatic nitrogens is 3. The standard InChI is InChI=1S/C24H25N5O3S/c1-15-7-8-17(11-19(15)24-27-21-12-23(32-2)25-13-22(21)28-24)26-20-6-4-5-16-14-29(33(3,30)31)10-9-18(16)20/h4-8,11-13,26H,9-10,14H2,1-3H3,(H,27,28)/p+1. The van der Waals surface area contributed by atoms with Crippen molar-refractivity contribution in [1.82, 2.24) is 14.3 Å². The number of methoxy groups -OCH3 is 1. The maximum Gasteiger partial charge on any atom is 0.368 e. The first-order valence-electron chi connectivity index (χ1n) is 10.7. The van der Waals surface area contributed by atoms with Crippen LogP contribution in [0.5, 0.6) is 5.88 Å². The van der Waals surface area contributed by atoms with Crippen LogP contribution in [0.2, 0.25) is 0 Å². The number of sulfonamides is 1. The fourth-order valence-corrected chi connectivity index (χ4v) is 5.07. The van der Waals surface area contributed by atoms with Crippen molar-refractivity contribution in [3.05, 3.63) is 65.4 Å². The molecule has 4 aromatic rings. The number of nitrogens with one attached hydrogen (secondary N) is 3. The molecule has 0 unspecified atom stereocenters. The zero-order valence-electron chi connectivity index (χ0n) is 18.8. The van der Waals surface area contributed by atoms with Gasteiger partial charge in [-0.25, -0.2) is 13.4 Å². The summed E-state index contributed by atoms with van der Waals surface area (Å²) >= 11 is 0. The van der Waals surface area contributed by atoms with Gasteiger partial charge >= 0.3 is 5.88 Å². The van der Waals surface area contributed by atoms with E-state index in [4.69, 9.17) is 9.72 Å². The summed E-state index contributed by atoms with van der Waals surface area (Å²) in [5, 5.41) is 3.54. The van der Waals surface area contributed by atoms with Crippen LogP contribution >= 0.6 is 0 Å². The van der Waals surface area contributed by atoms with Crippen LogP contribution in [0.4, 0.5) is 11.4 Å². The summed E-state index contributed by atoms with van der Waals surface area (Å²) in [7, 11) is -1.59. The fraction of sp³-hybridized carbons (Fsp3) is 0.250. The number of rotatable bonds is 5. The van der Waals surface area contributed by atoms with Crippen molar-refractivity contribution in [3.63, 3.8) is 0 Å². The van der Waals surface area contributed by atoms with E-state index in [-0.39, 0.29) is 0 Å². The van der Waals surface area contributed by atoms with Gasteiger partial charge in [-0.2, -0.15) is 9.29 Å². The summed E-state index contributed by atoms with van der Waals surface area (Å²) in [6, 6.07) is 14.1. The number of H-pyrrole nitrogens is 2. The molecular formula is C24H26N5O3S+. The second-order valence-corrected chi connectivity index (χ2v) is 10.3. The topological polar surface area (TPSA) is 101 Å². The molecule has 1 aliphatic heterocycles. The summed E-state index contributed by atoms with van der Waals surface area (Å²) in [5.74, 6) is 1.43. The molecule has 0 amide bonds. The van der Waals surface area contributed by atoms with Crippen molar-refractivity contribution in [1.29, 1.82) is 0 Å². The van der Waals surface area contributed by atoms with Crippen LogP contribution in [0.25, 0.3) is 22.4 Å². The number of fused-ring (bicyclic) bond motifs is 2. The number of imidazole rings is 1. The van der Waals surface area contributed by atoms with Gasteiger partial charge in [-0.1, -0.05) is 18.2 Å². The van der Waals surface area contributed by atoms with Crippen LogP contribution in [0, 0.1) is 6.92 Å². The molecule has 1 aliphatic rings. The van der Waals surface area contributed by atoms with Crippen LogP contribution in [-0.4, -0.2) is 42.6 Å². The van der Waals surface area contributed by atoms with Gasteiger partial charge in [0, 0.05) is 30.0 Å². The van der Waals surface area contributed by atoms with E-state index in [2.05, 4.69) is 34.3 Å². The smallest absolute Gasteiger partial charge is 0.368 e. The maximum atomic E-state index is 12.0. The Morgan fingerprint density at radius 1 is 1.21 bits per heavy atom. The first-order chi connectivity index (χ1) is 15.8. The number of nitrogens with zero attached hydrogens (tertiary/aromatic N) is 2. The normalized spacial score (nSPS) is 14.3. The number of benzene rings is 2. The number of anilines is 2. The van der Waals surface area contributed by atoms with Gasteiger partial charge in [0.15, 0.2) is 6.20 Å². The van der Waals surface area contributed by atoms with Crippen molar-refractivity contribution in [2.24, 2.45) is 0 Å². The monoisotopic (exact) mass is 464 g/mol. The number of aryl methyl sites for hydroxylation is 1. The number of ether oxygens (including phenoxy) is 1. The Bertz CT molecular complexity index is 1460. The number of pyridine rings is 1. The molecule has 0 saturated carbocycles. The molecule has 0 saturated heterocycles. The molecule has 0 bridgehead atoms. The van der Waals surface area contributed by atoms with E-state index in [0.717, 1.165) is 50.5 Å². The predicted molar refractivity (Wildman–Crippen MR) is 128 cm³/mol. The highest BCUT2D eigenvalue weighted by Crippen LogP contribution is 2.32. The van der Waals surface area contributed by atoms with Gasteiger partial charge in [-0.05, 0) is 48.2 Å². The average Bonchev–Trinajstić information content (AvgIpc) is 3.22. The molecule has 2 aromatic heterocycles. The first-order valence-corrected chi connectivity index (χ1v) is 12.6. The molecule has 0 fully saturated rings. The molecular weight excluding hydrogens is 438 g/mol. The Balaban J connectivity index is 1.47. The van der Waals surface area contributed by atoms with Crippen molar-refractivity contribution in [2.45, 2.75) is 19.9 Å². The van der Waals surface area contributed by atoms with Gasteiger partial charge in [-0.3, -0.25) is 0 Å². The third kappa shape index (κ3) is 4.17. The van der Waals surface area contributed by atoms with Gasteiger partial charge in [-0.15, -0.1) is 0 Å². The Morgan fingerprint density at radius 3 is 2.85 bits per heavy atom. The lowest BCUT2D eigenvalue weighted by molar-refractivity contribution is -0.391. The molecule has 3 heterocycles. The highest BCUT2D eigenvalue weighted by atomic mass is 32.2. The minimum absolute atomic E-state index is 0.405. The lowest BCUT2D eigenvalue weighted by Gasteiger charge is -2.28. The largest absolute Gasteiger partial charge is 0.448 e. The summed E-state index contributed by atoms with van der Waals surface area (Å²) in [5.41, 5.74) is 7.97. The minimum Gasteiger partial charge on any atom is -0.448 e. The third-order valence-corrected chi connectivity index (χ3v) is 7.33. The molecule has 3 N–H and O–H groups in total. The quantitative estimate of drug-likeness (QED) is 0.471. The van der Waals surface area contributed by atoms with Gasteiger partial charge in [0.1, 0.15) is 16.9 Å². The van der Waals surface area contributed by atoms with Crippen molar-refractivity contribution in [3.8, 4) is 17.3 Å². The van der Waals surface area contributed by atoms with Crippen LogP contribution < -0.4 is 15.0 Å². The molecule has 0 atom stereocenters. The minimum atomic E-state index is -3.20. The second kappa shape index (κ2) is 8.17. The van der Waals surface area contributed by atoms with Crippen LogP contribution in [0.3, 0.4) is 0 Å². The van der Waals surface area contributed by atoms with Gasteiger partial charge in [0.05, 0.1) is 19.4 Å². The fourth-order valence-electron chi connectivity index (χ4n) is 4.27. The Morgan fingerprint density at radius 2 is 2.06 bits per heavy atom. The van der Waals surface area contributed by atoms with Crippen LogP contribution in [0.1, 0.15) is 16.7 Å². The molecule has 2 aromatic carbocycles. The van der Waals surface area contributed by atoms with Crippen molar-refractivity contribution >= 4 is 32.4 Å². The molecule has 0 radical (unpaired) electrons. The van der Waals surface area contributed by atoms with E-state index in [9.17, 15) is 8.42 Å². The lowest BCUT2D eigenvalue weighted by Crippen LogP contribution is -2.35. The Kier molecular flexibility index (Phi) is 5.30. The Labute approximate surface area is 192 Å². The zero-order valence-corrected chi connectivity index (χ0v) is 19.6. The number of aromatic amines is 2. The van der Waals surface area contributed by atoms with Gasteiger partial charge in [0.25, 0.3) is 0 Å². The third-order valence-electron chi connectivity index (χ3n) is 6.08. The molecule has 0 aliphatic carbocycles. The summed E-state index contributed by atoms with van der Waals surface area (Å²) in [6.45, 7) is 2.95. The summed E-state index contributed by atoms with van der Waals surface area (Å²) < 4.78 is 30.7. The second-order valence-electron chi connectivity index (χ2n) is 8.33. The van der Waals surface area contributed by atoms with E-state index in [1.807, 2.05) is 36.5 Å². The van der Waals surface area contributed by atoms with Crippen LogP contribution in [0.15, 0.2) is 48.7 Å². The molecule has 8 nitrogen and oxygen atoms in total. The lowest BCUT2D eigenvalue weighted by atomic mass is 9.98. The highest BCUT2D eigenvalue weighted by Gasteiger charge is 2.24. The molecule has 9 heteroatoms. The van der Waals surface area contributed by atoms with E-state index in [1.54, 1.807) is 7.11 Å². The highest BCUT2D eigenvalue weighted by molar-refractivity contribution is 7.88. The van der Waals surface area contributed by atoms with Crippen molar-refractivity contribution < 1.29 is 18.1 Å². The van der Waals surface area contributed by atoms with E-state index >= 15 is 0 Å². The average molecular weight is 465 g/mol. The first kappa shape index (κ1) is 21.4. The zero-order chi connectivity index (χ0) is 23.2. The molecule has 170 valence electrons. The predicted octanol–water partition coefficient (Wildman–Crippen LogP) is 3.42. The summed E-state index contributed by atoms with van der Waals surface area (Å²) in [6.07, 6.45) is 3.78.